The number of alkyl halides is 4. The zero-order valence-corrected chi connectivity index (χ0v) is 7.13. The summed E-state index contributed by atoms with van der Waals surface area (Å²) in [4.78, 5) is 0. The van der Waals surface area contributed by atoms with E-state index in [9.17, 15) is 17.6 Å². The van der Waals surface area contributed by atoms with Crippen molar-refractivity contribution in [3.8, 4) is 0 Å². The molecule has 4 atom stereocenters. The van der Waals surface area contributed by atoms with Crippen molar-refractivity contribution >= 4 is 0 Å². The number of aliphatic hydroxyl groups excluding tert-OH is 1. The molecule has 0 aromatic rings. The Kier molecular flexibility index (Phi) is 3.16. The molecule has 0 bridgehead atoms. The molecule has 0 spiro atoms. The van der Waals surface area contributed by atoms with Crippen molar-refractivity contribution in [1.82, 2.24) is 0 Å². The van der Waals surface area contributed by atoms with Crippen LogP contribution in [0.5, 0.6) is 0 Å². The molecule has 0 saturated heterocycles. The van der Waals surface area contributed by atoms with Crippen LogP contribution < -0.4 is 0 Å². The van der Waals surface area contributed by atoms with Crippen molar-refractivity contribution in [3.05, 3.63) is 0 Å². The maximum atomic E-state index is 13.0. The van der Waals surface area contributed by atoms with Crippen molar-refractivity contribution in [2.45, 2.75) is 31.6 Å². The van der Waals surface area contributed by atoms with Crippen molar-refractivity contribution in [2.24, 2.45) is 11.8 Å². The van der Waals surface area contributed by atoms with Crippen LogP contribution in [-0.4, -0.2) is 36.4 Å². The van der Waals surface area contributed by atoms with Crippen molar-refractivity contribution < 1.29 is 22.7 Å². The van der Waals surface area contributed by atoms with E-state index in [-0.39, 0.29) is 0 Å². The van der Waals surface area contributed by atoms with Gasteiger partial charge in [-0.15, -0.1) is 0 Å². The first-order valence-electron chi connectivity index (χ1n) is 4.17. The number of rotatable bonds is 1. The minimum Gasteiger partial charge on any atom is -0.396 e. The first-order chi connectivity index (χ1) is 6.00. The molecule has 0 aromatic carbocycles. The van der Waals surface area contributed by atoms with Crippen LogP contribution in [0.25, 0.3) is 0 Å². The van der Waals surface area contributed by atoms with Crippen molar-refractivity contribution in [1.29, 1.82) is 0 Å². The summed E-state index contributed by atoms with van der Waals surface area (Å²) in [5.41, 5.74) is 0. The Bertz CT molecular complexity index is 162. The number of aliphatic hydroxyl groups is 1. The van der Waals surface area contributed by atoms with Gasteiger partial charge in [0.2, 0.25) is 0 Å². The van der Waals surface area contributed by atoms with E-state index in [0.717, 1.165) is 6.92 Å². The molecule has 0 heterocycles. The van der Waals surface area contributed by atoms with Gasteiger partial charge in [-0.3, -0.25) is 0 Å². The summed E-state index contributed by atoms with van der Waals surface area (Å²) in [6.45, 7) is 0.262. The minimum atomic E-state index is -2.11. The van der Waals surface area contributed by atoms with Crippen LogP contribution in [0.3, 0.4) is 0 Å². The molecule has 1 fully saturated rings. The molecule has 78 valence electrons. The summed E-state index contributed by atoms with van der Waals surface area (Å²) >= 11 is 0. The van der Waals surface area contributed by atoms with Gasteiger partial charge in [-0.05, 0) is 0 Å². The van der Waals surface area contributed by atoms with Gasteiger partial charge in [0.05, 0.1) is 12.5 Å². The Hall–Kier alpha value is -0.320. The van der Waals surface area contributed by atoms with E-state index in [2.05, 4.69) is 0 Å². The third-order valence-electron chi connectivity index (χ3n) is 2.64. The van der Waals surface area contributed by atoms with Gasteiger partial charge < -0.3 is 5.11 Å². The fourth-order valence-electron chi connectivity index (χ4n) is 1.60. The average molecular weight is 200 g/mol. The highest BCUT2D eigenvalue weighted by atomic mass is 19.2. The van der Waals surface area contributed by atoms with Crippen LogP contribution in [0.15, 0.2) is 0 Å². The van der Waals surface area contributed by atoms with Crippen LogP contribution in [0.4, 0.5) is 17.6 Å². The lowest BCUT2D eigenvalue weighted by atomic mass is 9.78. The monoisotopic (exact) mass is 200 g/mol. The average Bonchev–Trinajstić information content (AvgIpc) is 2.13. The van der Waals surface area contributed by atoms with E-state index < -0.39 is 43.1 Å². The van der Waals surface area contributed by atoms with Crippen LogP contribution >= 0.6 is 0 Å². The summed E-state index contributed by atoms with van der Waals surface area (Å²) in [6, 6.07) is 0. The maximum absolute atomic E-state index is 13.0. The van der Waals surface area contributed by atoms with E-state index in [4.69, 9.17) is 5.11 Å². The summed E-state index contributed by atoms with van der Waals surface area (Å²) < 4.78 is 51.8. The molecule has 0 radical (unpaired) electrons. The molecule has 5 heteroatoms. The number of halogens is 4. The number of hydrogen-bond donors (Lipinski definition) is 1. The maximum Gasteiger partial charge on any atom is 0.139 e. The largest absolute Gasteiger partial charge is 0.396 e. The topological polar surface area (TPSA) is 20.2 Å². The van der Waals surface area contributed by atoms with Gasteiger partial charge in [0.25, 0.3) is 0 Å². The lowest BCUT2D eigenvalue weighted by Gasteiger charge is -2.37. The fraction of sp³-hybridized carbons (Fsp3) is 1.00. The highest BCUT2D eigenvalue weighted by Crippen LogP contribution is 2.37. The molecular formula is C8H12F4O. The third kappa shape index (κ3) is 1.66. The first-order valence-corrected chi connectivity index (χ1v) is 4.17. The molecule has 1 N–H and O–H groups in total. The summed E-state index contributed by atoms with van der Waals surface area (Å²) in [7, 11) is 0. The molecule has 1 aliphatic carbocycles. The third-order valence-corrected chi connectivity index (χ3v) is 2.64. The van der Waals surface area contributed by atoms with Crippen LogP contribution in [0.2, 0.25) is 0 Å². The van der Waals surface area contributed by atoms with Crippen molar-refractivity contribution in [2.75, 3.05) is 6.61 Å². The van der Waals surface area contributed by atoms with E-state index in [1.807, 2.05) is 0 Å². The van der Waals surface area contributed by atoms with Crippen molar-refractivity contribution in [3.63, 3.8) is 0 Å². The highest BCUT2D eigenvalue weighted by molar-refractivity contribution is 4.97. The molecule has 1 saturated carbocycles. The number of hydrogen-bond acceptors (Lipinski definition) is 1. The Balaban J connectivity index is 2.79. The predicted molar refractivity (Wildman–Crippen MR) is 39.3 cm³/mol. The Morgan fingerprint density at radius 2 is 1.31 bits per heavy atom. The van der Waals surface area contributed by atoms with E-state index >= 15 is 0 Å². The summed E-state index contributed by atoms with van der Waals surface area (Å²) in [5, 5.41) is 8.54. The van der Waals surface area contributed by atoms with Crippen LogP contribution in [-0.2, 0) is 0 Å². The lowest BCUT2D eigenvalue weighted by molar-refractivity contribution is -0.0867. The van der Waals surface area contributed by atoms with Gasteiger partial charge in [0.15, 0.2) is 0 Å². The lowest BCUT2D eigenvalue weighted by Crippen LogP contribution is -2.52. The smallest absolute Gasteiger partial charge is 0.139 e. The SMILES string of the molecule is CC1C(F)C(F)C(CO)C(F)C1F. The second-order valence-corrected chi connectivity index (χ2v) is 3.48. The zero-order valence-electron chi connectivity index (χ0n) is 7.13. The summed E-state index contributed by atoms with van der Waals surface area (Å²) in [6.07, 6.45) is -8.28. The Morgan fingerprint density at radius 1 is 0.923 bits per heavy atom. The van der Waals surface area contributed by atoms with Gasteiger partial charge >= 0.3 is 0 Å². The highest BCUT2D eigenvalue weighted by Gasteiger charge is 2.50. The Morgan fingerprint density at radius 3 is 1.62 bits per heavy atom. The molecular weight excluding hydrogens is 188 g/mol. The Labute approximate surface area is 73.7 Å². The second-order valence-electron chi connectivity index (χ2n) is 3.48. The van der Waals surface area contributed by atoms with Gasteiger partial charge in [-0.2, -0.15) is 0 Å². The molecule has 0 aliphatic heterocycles. The van der Waals surface area contributed by atoms with E-state index in [0.29, 0.717) is 0 Å². The quantitative estimate of drug-likeness (QED) is 0.637. The minimum absolute atomic E-state index is 0.865. The summed E-state index contributed by atoms with van der Waals surface area (Å²) in [5.74, 6) is -2.85. The zero-order chi connectivity index (χ0) is 10.2. The standard InChI is InChI=1S/C8H12F4O/c1-3-5(9)7(11)4(2-13)8(12)6(3)10/h3-8,13H,2H2,1H3. The van der Waals surface area contributed by atoms with Gasteiger partial charge in [0.1, 0.15) is 24.7 Å². The molecule has 0 amide bonds. The molecule has 1 aliphatic rings. The van der Waals surface area contributed by atoms with Crippen LogP contribution in [0.1, 0.15) is 6.92 Å². The first kappa shape index (κ1) is 10.8. The molecule has 13 heavy (non-hydrogen) atoms. The predicted octanol–water partition coefficient (Wildman–Crippen LogP) is 1.60. The van der Waals surface area contributed by atoms with Crippen LogP contribution in [0, 0.1) is 11.8 Å². The van der Waals surface area contributed by atoms with Gasteiger partial charge in [0, 0.05) is 5.92 Å². The fourth-order valence-corrected chi connectivity index (χ4v) is 1.60. The van der Waals surface area contributed by atoms with E-state index in [1.54, 1.807) is 0 Å². The molecule has 4 unspecified atom stereocenters. The van der Waals surface area contributed by atoms with Gasteiger partial charge in [-0.1, -0.05) is 6.92 Å². The van der Waals surface area contributed by atoms with E-state index in [1.165, 1.54) is 0 Å². The van der Waals surface area contributed by atoms with Gasteiger partial charge in [-0.25, -0.2) is 17.6 Å². The molecule has 0 aromatic heterocycles. The second kappa shape index (κ2) is 3.82. The normalized spacial score (nSPS) is 52.2. The molecule has 1 rings (SSSR count). The molecule has 1 nitrogen and oxygen atoms in total.